The molecule has 1 saturated heterocycles. The fraction of sp³-hybridized carbons (Fsp3) is 0.143. The molecule has 228 valence electrons. The van der Waals surface area contributed by atoms with Crippen molar-refractivity contribution in [1.29, 1.82) is 0 Å². The van der Waals surface area contributed by atoms with E-state index in [1.807, 2.05) is 24.3 Å². The molecule has 4 aromatic rings. The lowest BCUT2D eigenvalue weighted by atomic mass is 10.0. The minimum Gasteiger partial charge on any atom is -0.321 e. The Kier molecular flexibility index (Phi) is 10.1. The molecule has 0 spiro atoms. The number of imide groups is 1. The Balaban J connectivity index is 1.34. The fourth-order valence-corrected chi connectivity index (χ4v) is 6.18. The highest BCUT2D eigenvalue weighted by atomic mass is 35.5. The first kappa shape index (κ1) is 32.0. The predicted molar refractivity (Wildman–Crippen MR) is 181 cm³/mol. The van der Waals surface area contributed by atoms with Crippen LogP contribution in [-0.2, 0) is 14.4 Å². The topological polar surface area (TPSA) is 95.6 Å². The van der Waals surface area contributed by atoms with E-state index in [-0.39, 0.29) is 28.7 Å². The molecule has 0 radical (unpaired) electrons. The summed E-state index contributed by atoms with van der Waals surface area (Å²) < 4.78 is 0. The third kappa shape index (κ3) is 7.84. The van der Waals surface area contributed by atoms with E-state index in [1.54, 1.807) is 66.7 Å². The van der Waals surface area contributed by atoms with Crippen molar-refractivity contribution >= 4 is 76.0 Å². The summed E-state index contributed by atoms with van der Waals surface area (Å²) in [5.74, 6) is -1.38. The van der Waals surface area contributed by atoms with Crippen molar-refractivity contribution in [1.82, 2.24) is 5.32 Å². The number of hydrogen-bond donors (Lipinski definition) is 2. The summed E-state index contributed by atoms with van der Waals surface area (Å²) in [6, 6.07) is 28.0. The highest BCUT2D eigenvalue weighted by Gasteiger charge is 2.41. The van der Waals surface area contributed by atoms with Crippen LogP contribution in [0.4, 0.5) is 11.4 Å². The molecular weight excluding hydrogens is 629 g/mol. The SMILES string of the molecule is CC(C)c1ccc(C=C(NC(=O)c2ccccc2)C(=O)Nc2cccc(SC3CC(=O)N(c4cc(Cl)ccc4Cl)C3=O)c2)cc1. The van der Waals surface area contributed by atoms with Gasteiger partial charge in [-0.05, 0) is 71.7 Å². The maximum Gasteiger partial charge on any atom is 0.272 e. The summed E-state index contributed by atoms with van der Waals surface area (Å²) in [5, 5.41) is 5.52. The van der Waals surface area contributed by atoms with Crippen molar-refractivity contribution in [2.24, 2.45) is 0 Å². The standard InChI is InChI=1S/C35H29Cl2N3O4S/c1-21(2)23-13-11-22(12-14-23)17-29(39-33(42)24-7-4-3-5-8-24)34(43)38-26-9-6-10-27(19-26)45-31-20-32(41)40(35(31)44)30-18-25(36)15-16-28(30)37/h3-19,21,31H,20H2,1-2H3,(H,38,43)(H,39,42). The van der Waals surface area contributed by atoms with Gasteiger partial charge in [0.15, 0.2) is 0 Å². The summed E-state index contributed by atoms with van der Waals surface area (Å²) in [6.45, 7) is 4.20. The molecule has 1 atom stereocenters. The van der Waals surface area contributed by atoms with Crippen LogP contribution in [0.1, 0.15) is 47.7 Å². The van der Waals surface area contributed by atoms with Gasteiger partial charge in [-0.1, -0.05) is 85.6 Å². The molecular formula is C35H29Cl2N3O4S. The van der Waals surface area contributed by atoms with E-state index in [2.05, 4.69) is 24.5 Å². The van der Waals surface area contributed by atoms with Crippen LogP contribution in [0.15, 0.2) is 108 Å². The molecule has 1 aliphatic heterocycles. The largest absolute Gasteiger partial charge is 0.321 e. The van der Waals surface area contributed by atoms with Gasteiger partial charge in [-0.3, -0.25) is 19.2 Å². The predicted octanol–water partition coefficient (Wildman–Crippen LogP) is 7.95. The number of rotatable bonds is 9. The first-order valence-electron chi connectivity index (χ1n) is 14.2. The molecule has 2 N–H and O–H groups in total. The first-order chi connectivity index (χ1) is 21.6. The fourth-order valence-electron chi connectivity index (χ4n) is 4.70. The number of nitrogens with one attached hydrogen (secondary N) is 2. The number of hydrogen-bond acceptors (Lipinski definition) is 5. The lowest BCUT2D eigenvalue weighted by molar-refractivity contribution is -0.121. The maximum atomic E-state index is 13.5. The lowest BCUT2D eigenvalue weighted by Crippen LogP contribution is -2.31. The minimum atomic E-state index is -0.687. The highest BCUT2D eigenvalue weighted by molar-refractivity contribution is 8.00. The smallest absolute Gasteiger partial charge is 0.272 e. The van der Waals surface area contributed by atoms with Crippen LogP contribution in [0, 0.1) is 0 Å². The van der Waals surface area contributed by atoms with Crippen molar-refractivity contribution in [2.45, 2.75) is 36.3 Å². The summed E-state index contributed by atoms with van der Waals surface area (Å²) in [5.41, 5.74) is 3.07. The Morgan fingerprint density at radius 1 is 0.911 bits per heavy atom. The van der Waals surface area contributed by atoms with Gasteiger partial charge in [0.1, 0.15) is 5.70 Å². The molecule has 5 rings (SSSR count). The molecule has 0 aromatic heterocycles. The van der Waals surface area contributed by atoms with Crippen molar-refractivity contribution in [2.75, 3.05) is 10.2 Å². The molecule has 4 aromatic carbocycles. The molecule has 7 nitrogen and oxygen atoms in total. The Hall–Kier alpha value is -4.37. The van der Waals surface area contributed by atoms with E-state index < -0.39 is 23.0 Å². The number of benzene rings is 4. The van der Waals surface area contributed by atoms with Crippen LogP contribution in [-0.4, -0.2) is 28.9 Å². The van der Waals surface area contributed by atoms with Crippen LogP contribution < -0.4 is 15.5 Å². The van der Waals surface area contributed by atoms with E-state index in [0.717, 1.165) is 16.0 Å². The molecule has 1 heterocycles. The average Bonchev–Trinajstić information content (AvgIpc) is 3.30. The van der Waals surface area contributed by atoms with Gasteiger partial charge in [0.05, 0.1) is 16.0 Å². The maximum absolute atomic E-state index is 13.5. The number of carbonyl (C=O) groups excluding carboxylic acids is 4. The van der Waals surface area contributed by atoms with Crippen LogP contribution in [0.25, 0.3) is 6.08 Å². The molecule has 0 bridgehead atoms. The summed E-state index contributed by atoms with van der Waals surface area (Å²) in [4.78, 5) is 54.4. The Bertz CT molecular complexity index is 1790. The Morgan fingerprint density at radius 2 is 1.64 bits per heavy atom. The molecule has 1 fully saturated rings. The minimum absolute atomic E-state index is 0.0169. The van der Waals surface area contributed by atoms with E-state index in [0.29, 0.717) is 27.1 Å². The quantitative estimate of drug-likeness (QED) is 0.141. The molecule has 10 heteroatoms. The number of amides is 4. The number of halogens is 2. The van der Waals surface area contributed by atoms with Crippen LogP contribution >= 0.6 is 35.0 Å². The van der Waals surface area contributed by atoms with Gasteiger partial charge >= 0.3 is 0 Å². The normalized spacial score (nSPS) is 15.0. The lowest BCUT2D eigenvalue weighted by Gasteiger charge is -2.17. The monoisotopic (exact) mass is 657 g/mol. The summed E-state index contributed by atoms with van der Waals surface area (Å²) >= 11 is 13.6. The van der Waals surface area contributed by atoms with Gasteiger partial charge in [0.25, 0.3) is 11.8 Å². The van der Waals surface area contributed by atoms with Crippen LogP contribution in [0.5, 0.6) is 0 Å². The third-order valence-corrected chi connectivity index (χ3v) is 8.80. The van der Waals surface area contributed by atoms with Gasteiger partial charge in [-0.25, -0.2) is 4.90 Å². The van der Waals surface area contributed by atoms with E-state index >= 15 is 0 Å². The van der Waals surface area contributed by atoms with Crippen LogP contribution in [0.2, 0.25) is 10.0 Å². The second kappa shape index (κ2) is 14.2. The molecule has 0 saturated carbocycles. The van der Waals surface area contributed by atoms with E-state index in [9.17, 15) is 19.2 Å². The molecule has 45 heavy (non-hydrogen) atoms. The zero-order chi connectivity index (χ0) is 32.1. The highest BCUT2D eigenvalue weighted by Crippen LogP contribution is 2.38. The zero-order valence-electron chi connectivity index (χ0n) is 24.4. The molecule has 0 aliphatic carbocycles. The van der Waals surface area contributed by atoms with Gasteiger partial charge < -0.3 is 10.6 Å². The Morgan fingerprint density at radius 3 is 2.36 bits per heavy atom. The van der Waals surface area contributed by atoms with Gasteiger partial charge in [0.2, 0.25) is 11.8 Å². The third-order valence-electron chi connectivity index (χ3n) is 7.07. The second-order valence-electron chi connectivity index (χ2n) is 10.7. The van der Waals surface area contributed by atoms with E-state index in [1.165, 1.54) is 23.9 Å². The van der Waals surface area contributed by atoms with Crippen molar-refractivity contribution in [3.8, 4) is 0 Å². The van der Waals surface area contributed by atoms with Crippen molar-refractivity contribution in [3.63, 3.8) is 0 Å². The molecule has 4 amide bonds. The number of anilines is 2. The Labute approximate surface area is 275 Å². The van der Waals surface area contributed by atoms with Crippen molar-refractivity contribution < 1.29 is 19.2 Å². The van der Waals surface area contributed by atoms with E-state index in [4.69, 9.17) is 23.2 Å². The van der Waals surface area contributed by atoms with Gasteiger partial charge in [-0.15, -0.1) is 11.8 Å². The second-order valence-corrected chi connectivity index (χ2v) is 12.8. The van der Waals surface area contributed by atoms with Crippen molar-refractivity contribution in [3.05, 3.63) is 129 Å². The number of carbonyl (C=O) groups is 4. The average molecular weight is 659 g/mol. The van der Waals surface area contributed by atoms with Gasteiger partial charge in [0, 0.05) is 27.6 Å². The first-order valence-corrected chi connectivity index (χ1v) is 15.8. The number of thioether (sulfide) groups is 1. The molecule has 1 aliphatic rings. The number of nitrogens with zero attached hydrogens (tertiary/aromatic N) is 1. The molecule has 1 unspecified atom stereocenters. The van der Waals surface area contributed by atoms with Crippen LogP contribution in [0.3, 0.4) is 0 Å². The van der Waals surface area contributed by atoms with Gasteiger partial charge in [-0.2, -0.15) is 0 Å². The zero-order valence-corrected chi connectivity index (χ0v) is 26.7. The summed E-state index contributed by atoms with van der Waals surface area (Å²) in [7, 11) is 0. The summed E-state index contributed by atoms with van der Waals surface area (Å²) in [6.07, 6.45) is 1.61.